The minimum atomic E-state index is -0.195. The Balaban J connectivity index is 1.34. The molecule has 0 spiro atoms. The fraction of sp³-hybridized carbons (Fsp3) is 0.464. The molecule has 0 amide bonds. The third kappa shape index (κ3) is 5.64. The number of nitrogens with zero attached hydrogens (tertiary/aromatic N) is 1. The van der Waals surface area contributed by atoms with Gasteiger partial charge in [-0.15, -0.1) is 0 Å². The van der Waals surface area contributed by atoms with Crippen LogP contribution < -0.4 is 4.74 Å². The van der Waals surface area contributed by atoms with Gasteiger partial charge in [-0.05, 0) is 85.1 Å². The molecule has 5 heteroatoms. The van der Waals surface area contributed by atoms with Crippen LogP contribution in [0.15, 0.2) is 48.0 Å². The Morgan fingerprint density at radius 2 is 1.91 bits per heavy atom. The predicted octanol–water partition coefficient (Wildman–Crippen LogP) is 5.30. The topological polar surface area (TPSA) is 38.8 Å². The van der Waals surface area contributed by atoms with E-state index in [1.54, 1.807) is 0 Å². The largest absolute Gasteiger partial charge is 0.493 e. The van der Waals surface area contributed by atoms with Gasteiger partial charge in [0, 0.05) is 19.6 Å². The summed E-state index contributed by atoms with van der Waals surface area (Å²) >= 11 is 0. The van der Waals surface area contributed by atoms with Crippen molar-refractivity contribution in [1.29, 1.82) is 0 Å². The molecule has 2 aromatic rings. The molecule has 1 heterocycles. The van der Waals surface area contributed by atoms with Crippen molar-refractivity contribution in [2.45, 2.75) is 39.5 Å². The summed E-state index contributed by atoms with van der Waals surface area (Å²) in [5.74, 6) is 1.05. The number of methoxy groups -OCH3 is 1. The average molecular weight is 452 g/mol. The summed E-state index contributed by atoms with van der Waals surface area (Å²) in [6, 6.07) is 13.2. The second-order valence-electron chi connectivity index (χ2n) is 9.38. The summed E-state index contributed by atoms with van der Waals surface area (Å²) in [6.07, 6.45) is 3.96. The Hall–Kier alpha value is -2.66. The highest BCUT2D eigenvalue weighted by Gasteiger charge is 2.34. The van der Waals surface area contributed by atoms with E-state index in [-0.39, 0.29) is 17.7 Å². The Morgan fingerprint density at radius 3 is 2.61 bits per heavy atom. The molecular weight excluding hydrogens is 417 g/mol. The van der Waals surface area contributed by atoms with Crippen LogP contribution in [0.4, 0.5) is 4.39 Å². The zero-order chi connectivity index (χ0) is 23.4. The van der Waals surface area contributed by atoms with Crippen molar-refractivity contribution < 1.29 is 18.7 Å². The first-order chi connectivity index (χ1) is 16.0. The smallest absolute Gasteiger partial charge is 0.311 e. The molecule has 0 aromatic heterocycles. The molecule has 4 nitrogen and oxygen atoms in total. The Kier molecular flexibility index (Phi) is 7.49. The number of carbonyl (C=O) groups is 1. The lowest BCUT2D eigenvalue weighted by atomic mass is 9.85. The van der Waals surface area contributed by atoms with Gasteiger partial charge in [0.15, 0.2) is 0 Å². The molecule has 0 saturated carbocycles. The number of aryl methyl sites for hydroxylation is 1. The molecular formula is C28H34FNO3. The van der Waals surface area contributed by atoms with Gasteiger partial charge >= 0.3 is 5.97 Å². The maximum absolute atomic E-state index is 13.2. The molecule has 1 atom stereocenters. The fourth-order valence-corrected chi connectivity index (χ4v) is 4.87. The Labute approximate surface area is 196 Å². The van der Waals surface area contributed by atoms with Crippen LogP contribution in [-0.2, 0) is 22.4 Å². The van der Waals surface area contributed by atoms with Crippen LogP contribution in [0.3, 0.4) is 0 Å². The number of rotatable bonds is 9. The number of allylic oxidation sites excluding steroid dienone is 1. The van der Waals surface area contributed by atoms with Crippen molar-refractivity contribution >= 4 is 11.5 Å². The Bertz CT molecular complexity index is 1010. The average Bonchev–Trinajstić information content (AvgIpc) is 2.80. The quantitative estimate of drug-likeness (QED) is 0.485. The van der Waals surface area contributed by atoms with E-state index in [0.29, 0.717) is 12.5 Å². The molecule has 0 bridgehead atoms. The van der Waals surface area contributed by atoms with Gasteiger partial charge in [0.2, 0.25) is 0 Å². The summed E-state index contributed by atoms with van der Waals surface area (Å²) in [5.41, 5.74) is 6.62. The van der Waals surface area contributed by atoms with E-state index < -0.39 is 0 Å². The molecule has 2 aromatic carbocycles. The van der Waals surface area contributed by atoms with Gasteiger partial charge < -0.3 is 9.47 Å². The fourth-order valence-electron chi connectivity index (χ4n) is 4.87. The second kappa shape index (κ2) is 10.5. The van der Waals surface area contributed by atoms with E-state index in [1.165, 1.54) is 41.5 Å². The summed E-state index contributed by atoms with van der Waals surface area (Å²) in [7, 11) is 1.46. The maximum Gasteiger partial charge on any atom is 0.311 e. The molecule has 176 valence electrons. The third-order valence-electron chi connectivity index (χ3n) is 7.11. The number of benzene rings is 2. The molecule has 1 saturated heterocycles. The SMILES string of the molecule is CC[C@@H](COc1ccc2c(c1)CCC(CN1CC(C(=O)OC)C1)=C2C)Cc1ccc(F)cc1. The van der Waals surface area contributed by atoms with Crippen molar-refractivity contribution in [1.82, 2.24) is 4.90 Å². The maximum atomic E-state index is 13.2. The van der Waals surface area contributed by atoms with Gasteiger partial charge in [0.05, 0.1) is 19.6 Å². The second-order valence-corrected chi connectivity index (χ2v) is 9.38. The van der Waals surface area contributed by atoms with Crippen LogP contribution in [0.2, 0.25) is 0 Å². The van der Waals surface area contributed by atoms with E-state index in [4.69, 9.17) is 9.47 Å². The predicted molar refractivity (Wildman–Crippen MR) is 129 cm³/mol. The van der Waals surface area contributed by atoms with Crippen LogP contribution in [0.5, 0.6) is 5.75 Å². The highest BCUT2D eigenvalue weighted by atomic mass is 19.1. The first kappa shape index (κ1) is 23.5. The molecule has 0 radical (unpaired) electrons. The first-order valence-corrected chi connectivity index (χ1v) is 12.0. The van der Waals surface area contributed by atoms with E-state index >= 15 is 0 Å². The summed E-state index contributed by atoms with van der Waals surface area (Å²) in [4.78, 5) is 14.0. The molecule has 0 N–H and O–H groups in total. The Morgan fingerprint density at radius 1 is 1.15 bits per heavy atom. The number of hydrogen-bond donors (Lipinski definition) is 0. The van der Waals surface area contributed by atoms with Gasteiger partial charge in [-0.2, -0.15) is 0 Å². The highest BCUT2D eigenvalue weighted by Crippen LogP contribution is 2.34. The standard InChI is InChI=1S/C28H34FNO3/c1-4-20(13-21-5-9-25(29)10-6-21)18-33-26-11-12-27-19(2)23(8-7-22(27)14-26)15-30-16-24(17-30)28(31)32-3/h5-6,9-12,14,20,24H,4,7-8,13,15-18H2,1-3H3/t20-/m1/s1. The number of fused-ring (bicyclic) bond motifs is 1. The van der Waals surface area contributed by atoms with Gasteiger partial charge in [-0.3, -0.25) is 9.69 Å². The summed E-state index contributed by atoms with van der Waals surface area (Å²) in [5, 5.41) is 0. The van der Waals surface area contributed by atoms with Crippen molar-refractivity contribution in [3.8, 4) is 5.75 Å². The highest BCUT2D eigenvalue weighted by molar-refractivity contribution is 5.74. The van der Waals surface area contributed by atoms with Crippen LogP contribution in [0.1, 0.15) is 43.4 Å². The number of likely N-dealkylation sites (tertiary alicyclic amines) is 1. The number of carbonyl (C=O) groups excluding carboxylic acids is 1. The lowest BCUT2D eigenvalue weighted by molar-refractivity contribution is -0.151. The minimum Gasteiger partial charge on any atom is -0.493 e. The normalized spacial score (nSPS) is 17.3. The number of esters is 1. The summed E-state index contributed by atoms with van der Waals surface area (Å²) < 4.78 is 24.2. The van der Waals surface area contributed by atoms with E-state index in [0.717, 1.165) is 56.6 Å². The molecule has 1 fully saturated rings. The number of halogens is 1. The summed E-state index contributed by atoms with van der Waals surface area (Å²) in [6.45, 7) is 7.55. The van der Waals surface area contributed by atoms with Crippen molar-refractivity contribution in [2.24, 2.45) is 11.8 Å². The van der Waals surface area contributed by atoms with Crippen molar-refractivity contribution in [3.63, 3.8) is 0 Å². The van der Waals surface area contributed by atoms with E-state index in [2.05, 4.69) is 36.9 Å². The van der Waals surface area contributed by atoms with Crippen LogP contribution in [-0.4, -0.2) is 44.2 Å². The van der Waals surface area contributed by atoms with Gasteiger partial charge in [0.25, 0.3) is 0 Å². The monoisotopic (exact) mass is 451 g/mol. The van der Waals surface area contributed by atoms with E-state index in [1.807, 2.05) is 12.1 Å². The molecule has 2 aliphatic rings. The zero-order valence-electron chi connectivity index (χ0n) is 19.9. The number of ether oxygens (including phenoxy) is 2. The van der Waals surface area contributed by atoms with Gasteiger partial charge in [-0.25, -0.2) is 4.39 Å². The first-order valence-electron chi connectivity index (χ1n) is 12.0. The van der Waals surface area contributed by atoms with Gasteiger partial charge in [-0.1, -0.05) is 30.7 Å². The van der Waals surface area contributed by atoms with Crippen LogP contribution in [0.25, 0.3) is 5.57 Å². The molecule has 0 unspecified atom stereocenters. The van der Waals surface area contributed by atoms with Crippen molar-refractivity contribution in [2.75, 3.05) is 33.4 Å². The lowest BCUT2D eigenvalue weighted by Gasteiger charge is -2.39. The minimum absolute atomic E-state index is 0.0292. The lowest BCUT2D eigenvalue weighted by Crippen LogP contribution is -2.51. The van der Waals surface area contributed by atoms with Crippen LogP contribution >= 0.6 is 0 Å². The van der Waals surface area contributed by atoms with Gasteiger partial charge in [0.1, 0.15) is 11.6 Å². The molecule has 33 heavy (non-hydrogen) atoms. The third-order valence-corrected chi connectivity index (χ3v) is 7.11. The van der Waals surface area contributed by atoms with E-state index in [9.17, 15) is 9.18 Å². The molecule has 1 aliphatic heterocycles. The number of hydrogen-bond acceptors (Lipinski definition) is 4. The van der Waals surface area contributed by atoms with Crippen LogP contribution in [0, 0.1) is 17.7 Å². The van der Waals surface area contributed by atoms with Crippen molar-refractivity contribution in [3.05, 3.63) is 70.5 Å². The zero-order valence-corrected chi connectivity index (χ0v) is 19.9. The molecule has 1 aliphatic carbocycles. The molecule has 4 rings (SSSR count).